The number of ether oxygens (including phenoxy) is 2. The zero-order valence-electron chi connectivity index (χ0n) is 15.3. The van der Waals surface area contributed by atoms with Crippen molar-refractivity contribution in [3.63, 3.8) is 0 Å². The van der Waals surface area contributed by atoms with Crippen molar-refractivity contribution in [1.82, 2.24) is 4.90 Å². The molecule has 0 aliphatic carbocycles. The Morgan fingerprint density at radius 1 is 1.11 bits per heavy atom. The van der Waals surface area contributed by atoms with Gasteiger partial charge in [-0.05, 0) is 48.9 Å². The third-order valence-corrected chi connectivity index (χ3v) is 4.42. The quantitative estimate of drug-likeness (QED) is 0.837. The number of rotatable bonds is 4. The Kier molecular flexibility index (Phi) is 5.71. The number of carbonyl (C=O) groups excluding carboxylic acids is 2. The number of methoxy groups -OCH3 is 1. The Hall–Kier alpha value is -2.93. The summed E-state index contributed by atoms with van der Waals surface area (Å²) in [6, 6.07) is 8.75. The van der Waals surface area contributed by atoms with Crippen LogP contribution in [0, 0.1) is 12.7 Å². The largest absolute Gasteiger partial charge is 0.495 e. The minimum absolute atomic E-state index is 0.261. The number of nitrogens with one attached hydrogen (secondary N) is 1. The molecule has 0 aromatic heterocycles. The van der Waals surface area contributed by atoms with Crippen LogP contribution in [-0.2, 0) is 4.74 Å². The first-order valence-corrected chi connectivity index (χ1v) is 8.62. The molecule has 142 valence electrons. The molecule has 7 heteroatoms. The molecule has 0 bridgehead atoms. The van der Waals surface area contributed by atoms with Gasteiger partial charge in [0, 0.05) is 24.2 Å². The van der Waals surface area contributed by atoms with Crippen molar-refractivity contribution < 1.29 is 23.5 Å². The Balaban J connectivity index is 1.85. The molecule has 2 aromatic rings. The second-order valence-corrected chi connectivity index (χ2v) is 6.24. The van der Waals surface area contributed by atoms with E-state index in [1.54, 1.807) is 30.0 Å². The maximum atomic E-state index is 13.5. The van der Waals surface area contributed by atoms with Crippen molar-refractivity contribution in [3.05, 3.63) is 58.9 Å². The lowest BCUT2D eigenvalue weighted by Crippen LogP contribution is -2.43. The van der Waals surface area contributed by atoms with Crippen LogP contribution in [0.1, 0.15) is 21.5 Å². The van der Waals surface area contributed by atoms with Gasteiger partial charge in [0.1, 0.15) is 11.6 Å². The molecule has 0 radical (unpaired) electrons. The average Bonchev–Trinajstić information content (AvgIpc) is 2.70. The van der Waals surface area contributed by atoms with Crippen molar-refractivity contribution in [2.45, 2.75) is 6.92 Å². The van der Waals surface area contributed by atoms with E-state index in [4.69, 9.17) is 9.47 Å². The summed E-state index contributed by atoms with van der Waals surface area (Å²) in [5.74, 6) is -0.175. The fourth-order valence-electron chi connectivity index (χ4n) is 2.86. The molecule has 1 aliphatic rings. The van der Waals surface area contributed by atoms with Crippen LogP contribution in [0.25, 0.3) is 0 Å². The molecule has 0 saturated carbocycles. The lowest BCUT2D eigenvalue weighted by atomic mass is 10.0. The van der Waals surface area contributed by atoms with Gasteiger partial charge in [-0.1, -0.05) is 0 Å². The number of morpholine rings is 1. The summed E-state index contributed by atoms with van der Waals surface area (Å²) >= 11 is 0. The third kappa shape index (κ3) is 4.25. The monoisotopic (exact) mass is 372 g/mol. The number of aryl methyl sites for hydroxylation is 1. The summed E-state index contributed by atoms with van der Waals surface area (Å²) < 4.78 is 24.0. The SMILES string of the molecule is COc1ccc(C(=O)c2ccc(F)c(C)c2)cc1NC(=O)N1CCOCC1. The highest BCUT2D eigenvalue weighted by Crippen LogP contribution is 2.27. The smallest absolute Gasteiger partial charge is 0.322 e. The van der Waals surface area contributed by atoms with Gasteiger partial charge < -0.3 is 19.7 Å². The lowest BCUT2D eigenvalue weighted by molar-refractivity contribution is 0.0564. The Bertz CT molecular complexity index is 863. The van der Waals surface area contributed by atoms with Gasteiger partial charge in [0.2, 0.25) is 0 Å². The van der Waals surface area contributed by atoms with E-state index < -0.39 is 0 Å². The third-order valence-electron chi connectivity index (χ3n) is 4.42. The second kappa shape index (κ2) is 8.18. The van der Waals surface area contributed by atoms with Crippen LogP contribution in [0.4, 0.5) is 14.9 Å². The van der Waals surface area contributed by atoms with Crippen LogP contribution in [0.5, 0.6) is 5.75 Å². The van der Waals surface area contributed by atoms with Crippen LogP contribution in [0.3, 0.4) is 0 Å². The topological polar surface area (TPSA) is 67.9 Å². The van der Waals surface area contributed by atoms with E-state index >= 15 is 0 Å². The number of hydrogen-bond donors (Lipinski definition) is 1. The maximum Gasteiger partial charge on any atom is 0.322 e. The van der Waals surface area contributed by atoms with Gasteiger partial charge in [0.25, 0.3) is 0 Å². The molecule has 0 atom stereocenters. The molecular weight excluding hydrogens is 351 g/mol. The highest BCUT2D eigenvalue weighted by Gasteiger charge is 2.19. The van der Waals surface area contributed by atoms with Crippen molar-refractivity contribution in [3.8, 4) is 5.75 Å². The van der Waals surface area contributed by atoms with Crippen molar-refractivity contribution in [2.24, 2.45) is 0 Å². The van der Waals surface area contributed by atoms with E-state index in [0.29, 0.717) is 54.4 Å². The number of hydrogen-bond acceptors (Lipinski definition) is 4. The standard InChI is InChI=1S/C20H21FN2O4/c1-13-11-14(3-5-16(13)21)19(24)15-4-6-18(26-2)17(12-15)22-20(25)23-7-9-27-10-8-23/h3-6,11-12H,7-10H2,1-2H3,(H,22,25). The van der Waals surface area contributed by atoms with Crippen molar-refractivity contribution in [1.29, 1.82) is 0 Å². The highest BCUT2D eigenvalue weighted by molar-refractivity contribution is 6.10. The molecule has 2 aromatic carbocycles. The molecule has 1 saturated heterocycles. The second-order valence-electron chi connectivity index (χ2n) is 6.24. The van der Waals surface area contributed by atoms with Crippen LogP contribution in [0.15, 0.2) is 36.4 Å². The van der Waals surface area contributed by atoms with Gasteiger partial charge >= 0.3 is 6.03 Å². The van der Waals surface area contributed by atoms with Gasteiger partial charge in [-0.25, -0.2) is 9.18 Å². The average molecular weight is 372 g/mol. The molecule has 2 amide bonds. The summed E-state index contributed by atoms with van der Waals surface area (Å²) in [4.78, 5) is 26.8. The molecule has 6 nitrogen and oxygen atoms in total. The van der Waals surface area contributed by atoms with Gasteiger partial charge in [-0.15, -0.1) is 0 Å². The van der Waals surface area contributed by atoms with Crippen LogP contribution in [0.2, 0.25) is 0 Å². The van der Waals surface area contributed by atoms with Crippen LogP contribution < -0.4 is 10.1 Å². The number of urea groups is 1. The number of benzene rings is 2. The van der Waals surface area contributed by atoms with Gasteiger partial charge in [-0.3, -0.25) is 4.79 Å². The van der Waals surface area contributed by atoms with Gasteiger partial charge in [0.05, 0.1) is 26.0 Å². The Labute approximate surface area is 156 Å². The minimum Gasteiger partial charge on any atom is -0.495 e. The van der Waals surface area contributed by atoms with E-state index in [1.807, 2.05) is 0 Å². The number of nitrogens with zero attached hydrogens (tertiary/aromatic N) is 1. The maximum absolute atomic E-state index is 13.5. The lowest BCUT2D eigenvalue weighted by Gasteiger charge is -2.27. The molecule has 0 spiro atoms. The van der Waals surface area contributed by atoms with Crippen molar-refractivity contribution >= 4 is 17.5 Å². The predicted molar refractivity (Wildman–Crippen MR) is 99.0 cm³/mol. The summed E-state index contributed by atoms with van der Waals surface area (Å²) in [5, 5.41) is 2.79. The predicted octanol–water partition coefficient (Wildman–Crippen LogP) is 3.24. The molecule has 3 rings (SSSR count). The Morgan fingerprint density at radius 3 is 2.44 bits per heavy atom. The van der Waals surface area contributed by atoms with E-state index in [-0.39, 0.29) is 17.6 Å². The fraction of sp³-hybridized carbons (Fsp3) is 0.300. The molecule has 27 heavy (non-hydrogen) atoms. The normalized spacial score (nSPS) is 14.0. The fourth-order valence-corrected chi connectivity index (χ4v) is 2.86. The number of amides is 2. The van der Waals surface area contributed by atoms with Crippen LogP contribution >= 0.6 is 0 Å². The van der Waals surface area contributed by atoms with Crippen LogP contribution in [-0.4, -0.2) is 50.1 Å². The molecule has 0 unspecified atom stereocenters. The van der Waals surface area contributed by atoms with Gasteiger partial charge in [0.15, 0.2) is 5.78 Å². The summed E-state index contributed by atoms with van der Waals surface area (Å²) in [5.41, 5.74) is 1.55. The number of carbonyl (C=O) groups is 2. The Morgan fingerprint density at radius 2 is 1.78 bits per heavy atom. The van der Waals surface area contributed by atoms with Gasteiger partial charge in [-0.2, -0.15) is 0 Å². The molecule has 1 N–H and O–H groups in total. The zero-order valence-corrected chi connectivity index (χ0v) is 15.3. The highest BCUT2D eigenvalue weighted by atomic mass is 19.1. The molecule has 1 aliphatic heterocycles. The zero-order chi connectivity index (χ0) is 19.4. The first-order chi connectivity index (χ1) is 13.0. The first kappa shape index (κ1) is 18.8. The minimum atomic E-state index is -0.361. The molecular formula is C20H21FN2O4. The number of ketones is 1. The van der Waals surface area contributed by atoms with E-state index in [1.165, 1.54) is 25.3 Å². The molecule has 1 fully saturated rings. The first-order valence-electron chi connectivity index (χ1n) is 8.62. The van der Waals surface area contributed by atoms with E-state index in [0.717, 1.165) is 0 Å². The van der Waals surface area contributed by atoms with E-state index in [2.05, 4.69) is 5.32 Å². The molecule has 1 heterocycles. The summed E-state index contributed by atoms with van der Waals surface area (Å²) in [6.07, 6.45) is 0. The van der Waals surface area contributed by atoms with E-state index in [9.17, 15) is 14.0 Å². The summed E-state index contributed by atoms with van der Waals surface area (Å²) in [6.45, 7) is 3.59. The summed E-state index contributed by atoms with van der Waals surface area (Å²) in [7, 11) is 1.49. The number of anilines is 1. The van der Waals surface area contributed by atoms with Crippen molar-refractivity contribution in [2.75, 3.05) is 38.7 Å². The number of halogens is 1.